The van der Waals surface area contributed by atoms with E-state index >= 15 is 0 Å². The van der Waals surface area contributed by atoms with Crippen LogP contribution in [-0.2, 0) is 20.7 Å². The Hall–Kier alpha value is -5.38. The molecule has 3 aromatic rings. The first kappa shape index (κ1) is 34.8. The zero-order chi connectivity index (χ0) is 33.0. The fourth-order valence-electron chi connectivity index (χ4n) is 3.97. The molecular formula is C31H32F3N5O5. The number of alkyl halides is 3. The smallest absolute Gasteiger partial charge is 0.475 e. The maximum Gasteiger partial charge on any atom is 0.490 e. The van der Waals surface area contributed by atoms with Crippen LogP contribution in [0.15, 0.2) is 72.8 Å². The van der Waals surface area contributed by atoms with Crippen LogP contribution in [0.4, 0.5) is 23.7 Å². The number of carbonyl (C=O) groups excluding carboxylic acids is 2. The number of ether oxygens (including phenoxy) is 1. The summed E-state index contributed by atoms with van der Waals surface area (Å²) in [6.45, 7) is 5.56. The van der Waals surface area contributed by atoms with Gasteiger partial charge in [-0.3, -0.25) is 15.1 Å². The summed E-state index contributed by atoms with van der Waals surface area (Å²) >= 11 is 0. The summed E-state index contributed by atoms with van der Waals surface area (Å²) in [4.78, 5) is 36.7. The lowest BCUT2D eigenvalue weighted by atomic mass is 10.00. The molecular weight excluding hydrogens is 579 g/mol. The molecule has 2 amide bonds. The number of hydrogen-bond acceptors (Lipinski definition) is 6. The number of nitrogens with zero attached hydrogens (tertiary/aromatic N) is 2. The quantitative estimate of drug-likeness (QED) is 0.181. The number of hydrogen-bond donors (Lipinski definition) is 4. The van der Waals surface area contributed by atoms with E-state index in [0.29, 0.717) is 16.8 Å². The average Bonchev–Trinajstić information content (AvgIpc) is 2.97. The van der Waals surface area contributed by atoms with E-state index in [1.54, 1.807) is 57.2 Å². The Bertz CT molecular complexity index is 1520. The van der Waals surface area contributed by atoms with Gasteiger partial charge in [-0.25, -0.2) is 9.59 Å². The minimum atomic E-state index is -5.08. The normalized spacial score (nSPS) is 11.3. The maximum atomic E-state index is 13.5. The van der Waals surface area contributed by atoms with Gasteiger partial charge in [0.1, 0.15) is 11.9 Å². The number of nitrogen functional groups attached to an aromatic ring is 1. The fraction of sp³-hybridized carbons (Fsp3) is 0.258. The topological polar surface area (TPSA) is 170 Å². The van der Waals surface area contributed by atoms with Crippen LogP contribution >= 0.6 is 0 Å². The van der Waals surface area contributed by atoms with Gasteiger partial charge in [-0.2, -0.15) is 18.4 Å². The molecule has 0 fully saturated rings. The van der Waals surface area contributed by atoms with E-state index in [0.717, 1.165) is 16.7 Å². The van der Waals surface area contributed by atoms with Gasteiger partial charge in [0.2, 0.25) is 5.91 Å². The molecule has 0 saturated heterocycles. The molecule has 0 spiro atoms. The number of nitriles is 1. The molecule has 1 atom stereocenters. The zero-order valence-corrected chi connectivity index (χ0v) is 24.2. The van der Waals surface area contributed by atoms with Crippen molar-refractivity contribution >= 4 is 29.5 Å². The minimum absolute atomic E-state index is 0.0764. The van der Waals surface area contributed by atoms with Gasteiger partial charge in [-0.05, 0) is 61.7 Å². The summed E-state index contributed by atoms with van der Waals surface area (Å²) in [5, 5.41) is 27.1. The predicted molar refractivity (Wildman–Crippen MR) is 158 cm³/mol. The Labute approximate surface area is 252 Å². The van der Waals surface area contributed by atoms with Gasteiger partial charge in [0, 0.05) is 24.2 Å². The number of amidine groups is 1. The lowest BCUT2D eigenvalue weighted by Gasteiger charge is -2.30. The highest BCUT2D eigenvalue weighted by atomic mass is 19.4. The number of nitrogens with two attached hydrogens (primary N) is 1. The molecule has 0 heterocycles. The van der Waals surface area contributed by atoms with Gasteiger partial charge in [0.05, 0.1) is 17.7 Å². The van der Waals surface area contributed by atoms with Crippen molar-refractivity contribution in [1.82, 2.24) is 4.90 Å². The first-order chi connectivity index (χ1) is 20.7. The third-order valence-corrected chi connectivity index (χ3v) is 6.01. The van der Waals surface area contributed by atoms with Crippen molar-refractivity contribution in [3.63, 3.8) is 0 Å². The van der Waals surface area contributed by atoms with Gasteiger partial charge in [-0.1, -0.05) is 48.5 Å². The van der Waals surface area contributed by atoms with Crippen LogP contribution in [-0.4, -0.2) is 58.7 Å². The molecule has 0 aliphatic rings. The molecule has 13 heteroatoms. The first-order valence-corrected chi connectivity index (χ1v) is 13.3. The summed E-state index contributed by atoms with van der Waals surface area (Å²) in [6, 6.07) is 22.9. The Balaban J connectivity index is 0.000000860. The highest BCUT2D eigenvalue weighted by Gasteiger charge is 2.38. The van der Waals surface area contributed by atoms with Crippen molar-refractivity contribution in [3.05, 3.63) is 89.5 Å². The zero-order valence-electron chi connectivity index (χ0n) is 24.2. The molecule has 0 radical (unpaired) electrons. The van der Waals surface area contributed by atoms with E-state index in [4.69, 9.17) is 25.8 Å². The van der Waals surface area contributed by atoms with E-state index in [1.807, 2.05) is 36.4 Å². The molecule has 10 nitrogen and oxygen atoms in total. The van der Waals surface area contributed by atoms with Crippen molar-refractivity contribution in [2.75, 3.05) is 11.9 Å². The van der Waals surface area contributed by atoms with Crippen LogP contribution in [0.1, 0.15) is 37.5 Å². The van der Waals surface area contributed by atoms with Gasteiger partial charge in [0.25, 0.3) is 0 Å². The van der Waals surface area contributed by atoms with Gasteiger partial charge < -0.3 is 20.9 Å². The number of carbonyl (C=O) groups is 3. The molecule has 0 bridgehead atoms. The maximum absolute atomic E-state index is 13.5. The summed E-state index contributed by atoms with van der Waals surface area (Å²) in [5.74, 6) is -3.21. The molecule has 0 aliphatic heterocycles. The summed E-state index contributed by atoms with van der Waals surface area (Å²) in [7, 11) is 0. The van der Waals surface area contributed by atoms with Crippen LogP contribution in [0.5, 0.6) is 0 Å². The Kier molecular flexibility index (Phi) is 12.5. The number of rotatable bonds is 9. The molecule has 0 aliphatic carbocycles. The Morgan fingerprint density at radius 3 is 2.20 bits per heavy atom. The van der Waals surface area contributed by atoms with Crippen LogP contribution in [0.3, 0.4) is 0 Å². The fourth-order valence-corrected chi connectivity index (χ4v) is 3.97. The summed E-state index contributed by atoms with van der Waals surface area (Å²) < 4.78 is 37.1. The highest BCUT2D eigenvalue weighted by Crippen LogP contribution is 2.25. The van der Waals surface area contributed by atoms with Crippen LogP contribution < -0.4 is 11.1 Å². The number of halogens is 3. The molecule has 0 unspecified atom stereocenters. The van der Waals surface area contributed by atoms with Gasteiger partial charge in [-0.15, -0.1) is 0 Å². The summed E-state index contributed by atoms with van der Waals surface area (Å²) in [6.07, 6.45) is -5.79. The highest BCUT2D eigenvalue weighted by molar-refractivity contribution is 5.97. The van der Waals surface area contributed by atoms with E-state index in [1.165, 1.54) is 4.90 Å². The van der Waals surface area contributed by atoms with Crippen molar-refractivity contribution in [2.24, 2.45) is 5.73 Å². The lowest BCUT2D eigenvalue weighted by molar-refractivity contribution is -0.192. The second-order valence-corrected chi connectivity index (χ2v) is 9.58. The van der Waals surface area contributed by atoms with E-state index < -0.39 is 24.3 Å². The summed E-state index contributed by atoms with van der Waals surface area (Å²) in [5.41, 5.74) is 9.71. The van der Waals surface area contributed by atoms with E-state index in [9.17, 15) is 28.0 Å². The largest absolute Gasteiger partial charge is 0.490 e. The van der Waals surface area contributed by atoms with Crippen LogP contribution in [0.25, 0.3) is 11.1 Å². The number of likely N-dealkylation sites (N-methyl/N-ethyl adjacent to an activating group) is 1. The second-order valence-electron chi connectivity index (χ2n) is 9.58. The number of carboxylic acid groups (broad SMARTS) is 1. The van der Waals surface area contributed by atoms with Crippen molar-refractivity contribution in [3.8, 4) is 17.2 Å². The molecule has 5 N–H and O–H groups in total. The molecule has 3 aromatic carbocycles. The molecule has 232 valence electrons. The molecule has 0 aromatic heterocycles. The number of aliphatic carboxylic acids is 1. The monoisotopic (exact) mass is 611 g/mol. The van der Waals surface area contributed by atoms with Crippen LogP contribution in [0, 0.1) is 16.7 Å². The third-order valence-electron chi connectivity index (χ3n) is 6.01. The Morgan fingerprint density at radius 2 is 1.68 bits per heavy atom. The number of benzene rings is 3. The third kappa shape index (κ3) is 10.2. The predicted octanol–water partition coefficient (Wildman–Crippen LogP) is 5.56. The SMILES string of the molecule is CCN(C(=O)OC(C)C)[C@@H](Cc1cccc(C(=N)N)c1)C(=O)Nc1ccc(-c2ccccc2C#N)cc1.O=C(O)C(F)(F)F. The standard InChI is InChI=1S/C29H31N5O3.C2HF3O2/c1-4-34(29(36)37-19(2)3)26(17-20-8-7-10-22(16-20)27(31)32)28(35)33-24-14-12-21(13-15-24)25-11-6-5-9-23(25)18-30;3-2(4,5)1(6)7/h5-16,19,26H,4,17H2,1-3H3,(H3,31,32)(H,33,35);(H,6,7)/t26-;/m0./s1. The van der Waals surface area contributed by atoms with Crippen molar-refractivity contribution < 1.29 is 37.4 Å². The van der Waals surface area contributed by atoms with E-state index in [2.05, 4.69) is 11.4 Å². The van der Waals surface area contributed by atoms with Crippen molar-refractivity contribution in [2.45, 2.75) is 45.5 Å². The number of anilines is 1. The Morgan fingerprint density at radius 1 is 1.07 bits per heavy atom. The number of amides is 2. The van der Waals surface area contributed by atoms with Gasteiger partial charge >= 0.3 is 18.2 Å². The minimum Gasteiger partial charge on any atom is -0.475 e. The second kappa shape index (κ2) is 15.7. The van der Waals surface area contributed by atoms with Crippen LogP contribution in [0.2, 0.25) is 0 Å². The number of nitrogens with one attached hydrogen (secondary N) is 2. The lowest BCUT2D eigenvalue weighted by Crippen LogP contribution is -2.49. The van der Waals surface area contributed by atoms with Crippen molar-refractivity contribution in [1.29, 1.82) is 10.7 Å². The molecule has 3 rings (SSSR count). The average molecular weight is 612 g/mol. The number of carboxylic acids is 1. The van der Waals surface area contributed by atoms with E-state index in [-0.39, 0.29) is 30.8 Å². The first-order valence-electron chi connectivity index (χ1n) is 13.3. The molecule has 0 saturated carbocycles. The van der Waals surface area contributed by atoms with Gasteiger partial charge in [0.15, 0.2) is 0 Å². The molecule has 44 heavy (non-hydrogen) atoms.